The van der Waals surface area contributed by atoms with Gasteiger partial charge in [0.2, 0.25) is 21.7 Å². The predicted octanol–water partition coefficient (Wildman–Crippen LogP) is 3.92. The first-order valence-electron chi connectivity index (χ1n) is 9.61. The zero-order chi connectivity index (χ0) is 22.9. The summed E-state index contributed by atoms with van der Waals surface area (Å²) < 4.78 is 70.9. The number of sulfonamides is 1. The molecule has 1 aliphatic rings. The Labute approximate surface area is 187 Å². The highest BCUT2D eigenvalue weighted by atomic mass is 35.5. The van der Waals surface area contributed by atoms with Crippen molar-refractivity contribution in [3.05, 3.63) is 65.0 Å². The Morgan fingerprint density at radius 3 is 2.38 bits per heavy atom. The maximum absolute atomic E-state index is 12.9. The lowest BCUT2D eigenvalue weighted by Crippen LogP contribution is -2.48. The maximum atomic E-state index is 12.9. The number of piperazine rings is 1. The molecule has 32 heavy (non-hydrogen) atoms. The number of benzene rings is 2. The lowest BCUT2D eigenvalue weighted by Gasteiger charge is -2.33. The molecule has 12 heteroatoms. The van der Waals surface area contributed by atoms with Crippen molar-refractivity contribution in [2.45, 2.75) is 17.6 Å². The second-order valence-corrected chi connectivity index (χ2v) is 9.60. The summed E-state index contributed by atoms with van der Waals surface area (Å²) in [5.74, 6) is 0.307. The van der Waals surface area contributed by atoms with Gasteiger partial charge in [0, 0.05) is 36.8 Å². The quantitative estimate of drug-likeness (QED) is 0.544. The van der Waals surface area contributed by atoms with Gasteiger partial charge in [0.25, 0.3) is 0 Å². The van der Waals surface area contributed by atoms with Crippen LogP contribution in [0.2, 0.25) is 5.02 Å². The number of alkyl halides is 3. The molecule has 2 aromatic carbocycles. The van der Waals surface area contributed by atoms with Crippen LogP contribution in [-0.4, -0.2) is 53.9 Å². The standard InChI is InChI=1S/C20H18ClF3N4O3S/c21-16-4-6-17(7-5-16)32(29,30)28-10-8-27(9-11-28)13-18-25-19(26-31-18)14-2-1-3-15(12-14)20(22,23)24/h1-7,12H,8-11,13H2. The molecule has 0 saturated carbocycles. The fraction of sp³-hybridized carbons (Fsp3) is 0.300. The van der Waals surface area contributed by atoms with Crippen LogP contribution in [-0.2, 0) is 22.7 Å². The van der Waals surface area contributed by atoms with Crippen molar-refractivity contribution in [3.8, 4) is 11.4 Å². The van der Waals surface area contributed by atoms with Crippen LogP contribution >= 0.6 is 11.6 Å². The van der Waals surface area contributed by atoms with Crippen molar-refractivity contribution < 1.29 is 26.1 Å². The first kappa shape index (κ1) is 22.7. The predicted molar refractivity (Wildman–Crippen MR) is 110 cm³/mol. The SMILES string of the molecule is O=S(=O)(c1ccc(Cl)cc1)N1CCN(Cc2nc(-c3cccc(C(F)(F)F)c3)no2)CC1. The molecule has 1 saturated heterocycles. The average Bonchev–Trinajstić information content (AvgIpc) is 3.22. The summed E-state index contributed by atoms with van der Waals surface area (Å²) in [7, 11) is -3.62. The van der Waals surface area contributed by atoms with Gasteiger partial charge in [-0.2, -0.15) is 22.5 Å². The lowest BCUT2D eigenvalue weighted by atomic mass is 10.1. The van der Waals surface area contributed by atoms with E-state index < -0.39 is 21.8 Å². The molecule has 1 aliphatic heterocycles. The Morgan fingerprint density at radius 1 is 1.03 bits per heavy atom. The van der Waals surface area contributed by atoms with E-state index >= 15 is 0 Å². The van der Waals surface area contributed by atoms with E-state index in [-0.39, 0.29) is 41.8 Å². The van der Waals surface area contributed by atoms with E-state index in [0.717, 1.165) is 12.1 Å². The summed E-state index contributed by atoms with van der Waals surface area (Å²) in [6.45, 7) is 1.70. The first-order valence-corrected chi connectivity index (χ1v) is 11.4. The fourth-order valence-corrected chi connectivity index (χ4v) is 4.89. The molecule has 1 fully saturated rings. The Hall–Kier alpha value is -2.47. The summed E-state index contributed by atoms with van der Waals surface area (Å²) in [4.78, 5) is 6.31. The van der Waals surface area contributed by atoms with Gasteiger partial charge < -0.3 is 4.52 Å². The smallest absolute Gasteiger partial charge is 0.338 e. The normalized spacial score (nSPS) is 16.4. The van der Waals surface area contributed by atoms with E-state index in [9.17, 15) is 21.6 Å². The van der Waals surface area contributed by atoms with Crippen LogP contribution in [0.15, 0.2) is 57.9 Å². The molecule has 0 radical (unpaired) electrons. The van der Waals surface area contributed by atoms with Crippen LogP contribution in [0.25, 0.3) is 11.4 Å². The van der Waals surface area contributed by atoms with Crippen molar-refractivity contribution in [1.29, 1.82) is 0 Å². The number of halogens is 4. The number of hydrogen-bond acceptors (Lipinski definition) is 6. The molecule has 0 unspecified atom stereocenters. The molecule has 2 heterocycles. The largest absolute Gasteiger partial charge is 0.416 e. The molecule has 0 N–H and O–H groups in total. The van der Waals surface area contributed by atoms with E-state index in [2.05, 4.69) is 10.1 Å². The average molecular weight is 487 g/mol. The van der Waals surface area contributed by atoms with Gasteiger partial charge in [0.05, 0.1) is 17.0 Å². The van der Waals surface area contributed by atoms with E-state index in [4.69, 9.17) is 16.1 Å². The van der Waals surface area contributed by atoms with E-state index in [1.165, 1.54) is 40.7 Å². The zero-order valence-electron chi connectivity index (χ0n) is 16.6. The van der Waals surface area contributed by atoms with E-state index in [0.29, 0.717) is 18.1 Å². The fourth-order valence-electron chi connectivity index (χ4n) is 3.35. The molecule has 0 spiro atoms. The third kappa shape index (κ3) is 4.96. The molecule has 0 atom stereocenters. The third-order valence-electron chi connectivity index (χ3n) is 5.06. The Balaban J connectivity index is 1.38. The first-order chi connectivity index (χ1) is 15.1. The van der Waals surface area contributed by atoms with Crippen molar-refractivity contribution in [2.75, 3.05) is 26.2 Å². The van der Waals surface area contributed by atoms with Gasteiger partial charge >= 0.3 is 6.18 Å². The number of nitrogens with zero attached hydrogens (tertiary/aromatic N) is 4. The summed E-state index contributed by atoms with van der Waals surface area (Å²) in [6, 6.07) is 10.7. The van der Waals surface area contributed by atoms with Crippen LogP contribution in [0.5, 0.6) is 0 Å². The summed E-state index contributed by atoms with van der Waals surface area (Å²) in [5.41, 5.74) is -0.590. The second kappa shape index (κ2) is 8.81. The number of aromatic nitrogens is 2. The van der Waals surface area contributed by atoms with Crippen molar-refractivity contribution in [2.24, 2.45) is 0 Å². The molecule has 0 bridgehead atoms. The molecule has 1 aromatic heterocycles. The van der Waals surface area contributed by atoms with E-state index in [1.54, 1.807) is 0 Å². The van der Waals surface area contributed by atoms with Crippen LogP contribution in [0.1, 0.15) is 11.5 Å². The summed E-state index contributed by atoms with van der Waals surface area (Å²) in [6.07, 6.45) is -4.46. The third-order valence-corrected chi connectivity index (χ3v) is 7.22. The van der Waals surface area contributed by atoms with E-state index in [1.807, 2.05) is 4.90 Å². The van der Waals surface area contributed by atoms with Gasteiger partial charge in [-0.05, 0) is 36.4 Å². The second-order valence-electron chi connectivity index (χ2n) is 7.22. The monoisotopic (exact) mass is 486 g/mol. The van der Waals surface area contributed by atoms with Gasteiger partial charge in [-0.15, -0.1) is 0 Å². The van der Waals surface area contributed by atoms with Gasteiger partial charge in [0.1, 0.15) is 0 Å². The van der Waals surface area contributed by atoms with Crippen LogP contribution in [0.4, 0.5) is 13.2 Å². The van der Waals surface area contributed by atoms with Gasteiger partial charge in [-0.25, -0.2) is 8.42 Å². The molecule has 3 aromatic rings. The molecule has 0 aliphatic carbocycles. The van der Waals surface area contributed by atoms with Crippen molar-refractivity contribution in [3.63, 3.8) is 0 Å². The van der Waals surface area contributed by atoms with Crippen molar-refractivity contribution in [1.82, 2.24) is 19.3 Å². The highest BCUT2D eigenvalue weighted by molar-refractivity contribution is 7.89. The molecule has 0 amide bonds. The minimum Gasteiger partial charge on any atom is -0.338 e. The topological polar surface area (TPSA) is 79.5 Å². The number of hydrogen-bond donors (Lipinski definition) is 0. The molecular formula is C20H18ClF3N4O3S. The molecular weight excluding hydrogens is 469 g/mol. The minimum atomic E-state index is -4.46. The lowest BCUT2D eigenvalue weighted by molar-refractivity contribution is -0.137. The van der Waals surface area contributed by atoms with Crippen LogP contribution < -0.4 is 0 Å². The Kier molecular flexibility index (Phi) is 6.26. The van der Waals surface area contributed by atoms with Crippen molar-refractivity contribution >= 4 is 21.6 Å². The Morgan fingerprint density at radius 2 is 1.72 bits per heavy atom. The van der Waals surface area contributed by atoms with Gasteiger partial charge in [-0.3, -0.25) is 4.90 Å². The molecule has 7 nitrogen and oxygen atoms in total. The zero-order valence-corrected chi connectivity index (χ0v) is 18.2. The summed E-state index contributed by atoms with van der Waals surface area (Å²) >= 11 is 5.83. The van der Waals surface area contributed by atoms with Gasteiger partial charge in [0.15, 0.2) is 0 Å². The Bertz CT molecular complexity index is 1190. The van der Waals surface area contributed by atoms with Gasteiger partial charge in [-0.1, -0.05) is 28.9 Å². The maximum Gasteiger partial charge on any atom is 0.416 e. The molecule has 170 valence electrons. The molecule has 4 rings (SSSR count). The number of rotatable bonds is 5. The van der Waals surface area contributed by atoms with Crippen LogP contribution in [0, 0.1) is 0 Å². The summed E-state index contributed by atoms with van der Waals surface area (Å²) in [5, 5.41) is 4.24. The minimum absolute atomic E-state index is 0.0649. The highest BCUT2D eigenvalue weighted by Crippen LogP contribution is 2.31. The van der Waals surface area contributed by atoms with Crippen LogP contribution in [0.3, 0.4) is 0 Å². The highest BCUT2D eigenvalue weighted by Gasteiger charge is 2.31.